The number of aliphatic hydroxyl groups is 1. The van der Waals surface area contributed by atoms with Crippen LogP contribution in [0.2, 0.25) is 0 Å². The van der Waals surface area contributed by atoms with Crippen LogP contribution in [-0.2, 0) is 4.79 Å². The Kier molecular flexibility index (Phi) is 3.01. The number of hydrogen-bond donors (Lipinski definition) is 2. The fourth-order valence-corrected chi connectivity index (χ4v) is 1.67. The molecule has 0 aromatic carbocycles. The van der Waals surface area contributed by atoms with Crippen LogP contribution >= 0.6 is 0 Å². The van der Waals surface area contributed by atoms with Crippen molar-refractivity contribution in [2.75, 3.05) is 18.1 Å². The molecule has 7 nitrogen and oxygen atoms in total. The summed E-state index contributed by atoms with van der Waals surface area (Å²) in [6.45, 7) is 0.303. The predicted molar refractivity (Wildman–Crippen MR) is 56.5 cm³/mol. The molecule has 0 spiro atoms. The van der Waals surface area contributed by atoms with Crippen molar-refractivity contribution < 1.29 is 19.8 Å². The highest BCUT2D eigenvalue weighted by atomic mass is 16.4. The van der Waals surface area contributed by atoms with Crippen LogP contribution in [0.15, 0.2) is 12.4 Å². The molecule has 1 unspecified atom stereocenters. The number of aromatic nitrogens is 2. The molecule has 1 aliphatic heterocycles. The van der Waals surface area contributed by atoms with E-state index in [1.165, 1.54) is 4.90 Å². The standard InChI is InChI=1S/C10H11N3O4/c14-5-6-1-8(15)13(4-6)10-11-2-7(3-12-10)9(16)17/h2-3,6,14H,1,4-5H2,(H,16,17). The third-order valence-corrected chi connectivity index (χ3v) is 2.59. The molecule has 0 aliphatic carbocycles. The van der Waals surface area contributed by atoms with Crippen molar-refractivity contribution in [3.05, 3.63) is 18.0 Å². The number of carboxylic acid groups (broad SMARTS) is 1. The summed E-state index contributed by atoms with van der Waals surface area (Å²) < 4.78 is 0. The highest BCUT2D eigenvalue weighted by molar-refractivity contribution is 5.94. The maximum absolute atomic E-state index is 11.6. The number of carbonyl (C=O) groups is 2. The number of aromatic carboxylic acids is 1. The van der Waals surface area contributed by atoms with Crippen LogP contribution in [0.3, 0.4) is 0 Å². The highest BCUT2D eigenvalue weighted by Crippen LogP contribution is 2.21. The Hall–Kier alpha value is -2.02. The zero-order valence-electron chi connectivity index (χ0n) is 8.91. The fraction of sp³-hybridized carbons (Fsp3) is 0.400. The maximum atomic E-state index is 11.6. The minimum atomic E-state index is -1.11. The fourth-order valence-electron chi connectivity index (χ4n) is 1.67. The van der Waals surface area contributed by atoms with Gasteiger partial charge in [-0.3, -0.25) is 9.69 Å². The summed E-state index contributed by atoms with van der Waals surface area (Å²) in [6.07, 6.45) is 2.58. The summed E-state index contributed by atoms with van der Waals surface area (Å²) in [6, 6.07) is 0. The Morgan fingerprint density at radius 3 is 2.59 bits per heavy atom. The van der Waals surface area contributed by atoms with E-state index in [1.54, 1.807) is 0 Å². The SMILES string of the molecule is O=C(O)c1cnc(N2CC(CO)CC2=O)nc1. The molecule has 0 radical (unpaired) electrons. The van der Waals surface area contributed by atoms with Crippen LogP contribution < -0.4 is 4.90 Å². The van der Waals surface area contributed by atoms with Crippen molar-refractivity contribution in [1.82, 2.24) is 9.97 Å². The average Bonchev–Trinajstić information content (AvgIpc) is 2.71. The second-order valence-electron chi connectivity index (χ2n) is 3.83. The number of nitrogens with zero attached hydrogens (tertiary/aromatic N) is 3. The first-order chi connectivity index (χ1) is 8.11. The zero-order chi connectivity index (χ0) is 12.4. The van der Waals surface area contributed by atoms with Crippen LogP contribution in [0.25, 0.3) is 0 Å². The lowest BCUT2D eigenvalue weighted by atomic mass is 10.1. The van der Waals surface area contributed by atoms with E-state index in [0.717, 1.165) is 12.4 Å². The molecule has 1 aromatic heterocycles. The lowest BCUT2D eigenvalue weighted by Crippen LogP contribution is -2.27. The highest BCUT2D eigenvalue weighted by Gasteiger charge is 2.31. The van der Waals surface area contributed by atoms with Gasteiger partial charge in [-0.1, -0.05) is 0 Å². The molecule has 17 heavy (non-hydrogen) atoms. The van der Waals surface area contributed by atoms with Crippen molar-refractivity contribution in [3.63, 3.8) is 0 Å². The van der Waals surface area contributed by atoms with Gasteiger partial charge in [0.05, 0.1) is 5.56 Å². The number of carboxylic acids is 1. The molecule has 1 aromatic rings. The van der Waals surface area contributed by atoms with E-state index in [2.05, 4.69) is 9.97 Å². The van der Waals surface area contributed by atoms with E-state index < -0.39 is 5.97 Å². The topological polar surface area (TPSA) is 104 Å². The molecule has 1 amide bonds. The predicted octanol–water partition coefficient (Wildman–Crippen LogP) is -0.480. The van der Waals surface area contributed by atoms with Gasteiger partial charge in [-0.15, -0.1) is 0 Å². The van der Waals surface area contributed by atoms with Crippen molar-refractivity contribution in [2.24, 2.45) is 5.92 Å². The van der Waals surface area contributed by atoms with Gasteiger partial charge in [0.2, 0.25) is 11.9 Å². The number of anilines is 1. The summed E-state index contributed by atoms with van der Waals surface area (Å²) in [4.78, 5) is 31.2. The third kappa shape index (κ3) is 2.23. The van der Waals surface area contributed by atoms with Crippen molar-refractivity contribution >= 4 is 17.8 Å². The summed E-state index contributed by atoms with van der Waals surface area (Å²) in [5, 5.41) is 17.6. The van der Waals surface area contributed by atoms with E-state index >= 15 is 0 Å². The van der Waals surface area contributed by atoms with Gasteiger partial charge in [-0.05, 0) is 0 Å². The lowest BCUT2D eigenvalue weighted by molar-refractivity contribution is -0.117. The number of hydrogen-bond acceptors (Lipinski definition) is 5. The molecule has 1 aliphatic rings. The van der Waals surface area contributed by atoms with E-state index in [1.807, 2.05) is 0 Å². The number of rotatable bonds is 3. The third-order valence-electron chi connectivity index (χ3n) is 2.59. The molecule has 90 valence electrons. The van der Waals surface area contributed by atoms with Gasteiger partial charge in [0.25, 0.3) is 0 Å². The Bertz CT molecular complexity index is 445. The summed E-state index contributed by atoms with van der Waals surface area (Å²) in [7, 11) is 0. The van der Waals surface area contributed by atoms with Gasteiger partial charge in [0.1, 0.15) is 0 Å². The second kappa shape index (κ2) is 4.46. The number of aliphatic hydroxyl groups excluding tert-OH is 1. The largest absolute Gasteiger partial charge is 0.478 e. The molecule has 7 heteroatoms. The minimum Gasteiger partial charge on any atom is -0.478 e. The molecule has 0 saturated carbocycles. The van der Waals surface area contributed by atoms with E-state index in [4.69, 9.17) is 10.2 Å². The molecule has 1 saturated heterocycles. The normalized spacial score (nSPS) is 19.7. The Morgan fingerprint density at radius 2 is 2.12 bits per heavy atom. The number of amides is 1. The Morgan fingerprint density at radius 1 is 1.47 bits per heavy atom. The van der Waals surface area contributed by atoms with E-state index in [-0.39, 0.29) is 36.4 Å². The van der Waals surface area contributed by atoms with Crippen LogP contribution in [0.5, 0.6) is 0 Å². The quantitative estimate of drug-likeness (QED) is 0.735. The van der Waals surface area contributed by atoms with Crippen LogP contribution in [0, 0.1) is 5.92 Å². The molecule has 2 rings (SSSR count). The van der Waals surface area contributed by atoms with Gasteiger partial charge in [0, 0.05) is 37.9 Å². The van der Waals surface area contributed by atoms with Crippen molar-refractivity contribution in [3.8, 4) is 0 Å². The van der Waals surface area contributed by atoms with E-state index in [0.29, 0.717) is 6.54 Å². The zero-order valence-corrected chi connectivity index (χ0v) is 8.91. The minimum absolute atomic E-state index is 0.0286. The van der Waals surface area contributed by atoms with Crippen molar-refractivity contribution in [2.45, 2.75) is 6.42 Å². The van der Waals surface area contributed by atoms with E-state index in [9.17, 15) is 9.59 Å². The average molecular weight is 237 g/mol. The molecule has 2 heterocycles. The van der Waals surface area contributed by atoms with Crippen LogP contribution in [0.4, 0.5) is 5.95 Å². The summed E-state index contributed by atoms with van der Waals surface area (Å²) in [5.41, 5.74) is -0.0286. The first-order valence-corrected chi connectivity index (χ1v) is 5.08. The first-order valence-electron chi connectivity index (χ1n) is 5.08. The van der Waals surface area contributed by atoms with Crippen LogP contribution in [-0.4, -0.2) is 45.2 Å². The van der Waals surface area contributed by atoms with Crippen LogP contribution in [0.1, 0.15) is 16.8 Å². The Labute approximate surface area is 96.7 Å². The molecule has 1 atom stereocenters. The molecule has 1 fully saturated rings. The Balaban J connectivity index is 2.18. The molecular weight excluding hydrogens is 226 g/mol. The van der Waals surface area contributed by atoms with Gasteiger partial charge in [-0.2, -0.15) is 0 Å². The van der Waals surface area contributed by atoms with Gasteiger partial charge >= 0.3 is 5.97 Å². The van der Waals surface area contributed by atoms with Gasteiger partial charge in [0.15, 0.2) is 0 Å². The molecule has 2 N–H and O–H groups in total. The maximum Gasteiger partial charge on any atom is 0.338 e. The van der Waals surface area contributed by atoms with Crippen molar-refractivity contribution in [1.29, 1.82) is 0 Å². The first kappa shape index (κ1) is 11.5. The number of carbonyl (C=O) groups excluding carboxylic acids is 1. The lowest BCUT2D eigenvalue weighted by Gasteiger charge is -2.13. The van der Waals surface area contributed by atoms with Gasteiger partial charge in [-0.25, -0.2) is 14.8 Å². The second-order valence-corrected chi connectivity index (χ2v) is 3.83. The molecular formula is C10H11N3O4. The summed E-state index contributed by atoms with van der Waals surface area (Å²) >= 11 is 0. The molecule has 0 bridgehead atoms. The summed E-state index contributed by atoms with van der Waals surface area (Å²) in [5.74, 6) is -1.20. The van der Waals surface area contributed by atoms with Gasteiger partial charge < -0.3 is 10.2 Å². The smallest absolute Gasteiger partial charge is 0.338 e. The monoisotopic (exact) mass is 237 g/mol.